The van der Waals surface area contributed by atoms with Crippen LogP contribution in [0.3, 0.4) is 0 Å². The molecule has 1 aliphatic heterocycles. The number of carbonyl (C=O) groups excluding carboxylic acids is 1. The number of rotatable bonds is 5. The van der Waals surface area contributed by atoms with Gasteiger partial charge in [-0.1, -0.05) is 30.3 Å². The Morgan fingerprint density at radius 2 is 1.96 bits per heavy atom. The first kappa shape index (κ1) is 20.7. The van der Waals surface area contributed by atoms with Crippen LogP contribution in [0, 0.1) is 11.6 Å². The van der Waals surface area contributed by atoms with E-state index in [1.54, 1.807) is 0 Å². The minimum absolute atomic E-state index is 0. The van der Waals surface area contributed by atoms with E-state index in [9.17, 15) is 13.6 Å². The van der Waals surface area contributed by atoms with Crippen molar-refractivity contribution < 1.29 is 13.6 Å². The Labute approximate surface area is 162 Å². The van der Waals surface area contributed by atoms with Crippen molar-refractivity contribution in [3.8, 4) is 0 Å². The van der Waals surface area contributed by atoms with Crippen LogP contribution in [-0.4, -0.2) is 25.0 Å². The van der Waals surface area contributed by atoms with Crippen molar-refractivity contribution in [2.45, 2.75) is 29.0 Å². The van der Waals surface area contributed by atoms with E-state index in [1.165, 1.54) is 12.1 Å². The number of halogens is 3. The number of hydrogen-bond donors (Lipinski definition) is 2. The molecule has 0 radical (unpaired) electrons. The second-order valence-corrected chi connectivity index (χ2v) is 7.18. The molecule has 1 unspecified atom stereocenters. The lowest BCUT2D eigenvalue weighted by atomic mass is 10.1. The molecule has 7 heteroatoms. The van der Waals surface area contributed by atoms with Crippen LogP contribution < -0.4 is 10.6 Å². The van der Waals surface area contributed by atoms with Crippen LogP contribution in [-0.2, 0) is 4.79 Å². The third kappa shape index (κ3) is 5.43. The Morgan fingerprint density at radius 3 is 2.62 bits per heavy atom. The number of benzene rings is 2. The van der Waals surface area contributed by atoms with E-state index >= 15 is 0 Å². The number of hydrogen-bond acceptors (Lipinski definition) is 3. The zero-order chi connectivity index (χ0) is 17.6. The molecular formula is C19H21ClF2N2OS. The van der Waals surface area contributed by atoms with E-state index in [0.717, 1.165) is 49.3 Å². The van der Waals surface area contributed by atoms with Gasteiger partial charge in [-0.25, -0.2) is 8.78 Å². The van der Waals surface area contributed by atoms with Gasteiger partial charge in [0.25, 0.3) is 0 Å². The van der Waals surface area contributed by atoms with Crippen LogP contribution >= 0.6 is 24.2 Å². The lowest BCUT2D eigenvalue weighted by Crippen LogP contribution is -2.46. The number of thioether (sulfide) groups is 1. The summed E-state index contributed by atoms with van der Waals surface area (Å²) in [4.78, 5) is 13.1. The lowest BCUT2D eigenvalue weighted by Gasteiger charge is -2.26. The van der Waals surface area contributed by atoms with Gasteiger partial charge in [-0.05, 0) is 37.1 Å². The predicted molar refractivity (Wildman–Crippen MR) is 103 cm³/mol. The molecular weight excluding hydrogens is 378 g/mol. The van der Waals surface area contributed by atoms with Gasteiger partial charge in [0.2, 0.25) is 5.91 Å². The maximum atomic E-state index is 14.0. The van der Waals surface area contributed by atoms with Crippen molar-refractivity contribution in [1.29, 1.82) is 0 Å². The van der Waals surface area contributed by atoms with E-state index in [4.69, 9.17) is 0 Å². The molecule has 3 rings (SSSR count). The van der Waals surface area contributed by atoms with Crippen molar-refractivity contribution in [3.05, 3.63) is 65.7 Å². The van der Waals surface area contributed by atoms with Crippen LogP contribution in [0.5, 0.6) is 0 Å². The Bertz CT molecular complexity index is 727. The van der Waals surface area contributed by atoms with Crippen molar-refractivity contribution >= 4 is 30.1 Å². The molecule has 1 amide bonds. The molecule has 0 bridgehead atoms. The van der Waals surface area contributed by atoms with Crippen molar-refractivity contribution in [2.24, 2.45) is 0 Å². The largest absolute Gasteiger partial charge is 0.351 e. The summed E-state index contributed by atoms with van der Waals surface area (Å²) < 4.78 is 27.2. The molecule has 2 aromatic rings. The quantitative estimate of drug-likeness (QED) is 0.745. The Hall–Kier alpha value is -1.63. The van der Waals surface area contributed by atoms with Gasteiger partial charge in [-0.2, -0.15) is 0 Å². The first-order valence-electron chi connectivity index (χ1n) is 8.31. The fourth-order valence-corrected chi connectivity index (χ4v) is 3.89. The predicted octanol–water partition coefficient (Wildman–Crippen LogP) is 4.09. The van der Waals surface area contributed by atoms with E-state index in [-0.39, 0.29) is 29.3 Å². The van der Waals surface area contributed by atoms with Crippen molar-refractivity contribution in [2.75, 3.05) is 13.1 Å². The maximum absolute atomic E-state index is 14.0. The van der Waals surface area contributed by atoms with Crippen LogP contribution in [0.25, 0.3) is 0 Å². The van der Waals surface area contributed by atoms with Gasteiger partial charge in [0, 0.05) is 23.5 Å². The molecule has 1 fully saturated rings. The normalized spacial score (nSPS) is 17.8. The van der Waals surface area contributed by atoms with E-state index in [0.29, 0.717) is 0 Å². The SMILES string of the molecule is Cl.O=C(N[C@H]1CCCNC1)C(Sc1ccc(F)cc1F)c1ccccc1. The smallest absolute Gasteiger partial charge is 0.238 e. The average Bonchev–Trinajstić information content (AvgIpc) is 2.62. The molecule has 0 spiro atoms. The summed E-state index contributed by atoms with van der Waals surface area (Å²) >= 11 is 1.10. The standard InChI is InChI=1S/C19H20F2N2OS.ClH/c20-14-8-9-17(16(21)11-14)25-18(13-5-2-1-3-6-13)19(24)23-15-7-4-10-22-12-15;/h1-3,5-6,8-9,11,15,18,22H,4,7,10,12H2,(H,23,24);1H/t15-,18?;/m0./s1. The first-order valence-corrected chi connectivity index (χ1v) is 9.19. The van der Waals surface area contributed by atoms with Gasteiger partial charge in [0.1, 0.15) is 16.9 Å². The summed E-state index contributed by atoms with van der Waals surface area (Å²) in [6.45, 7) is 1.70. The van der Waals surface area contributed by atoms with Gasteiger partial charge >= 0.3 is 0 Å². The summed E-state index contributed by atoms with van der Waals surface area (Å²) in [7, 11) is 0. The molecule has 2 atom stereocenters. The van der Waals surface area contributed by atoms with Gasteiger partial charge < -0.3 is 10.6 Å². The summed E-state index contributed by atoms with van der Waals surface area (Å²) in [5.41, 5.74) is 0.789. The van der Waals surface area contributed by atoms with Crippen LogP contribution in [0.15, 0.2) is 53.4 Å². The monoisotopic (exact) mass is 398 g/mol. The maximum Gasteiger partial charge on any atom is 0.238 e. The number of carbonyl (C=O) groups is 1. The van der Waals surface area contributed by atoms with E-state index < -0.39 is 16.9 Å². The van der Waals surface area contributed by atoms with E-state index in [1.807, 2.05) is 30.3 Å². The number of nitrogens with one attached hydrogen (secondary N) is 2. The summed E-state index contributed by atoms with van der Waals surface area (Å²) in [5.74, 6) is -1.44. The van der Waals surface area contributed by atoms with Crippen molar-refractivity contribution in [3.63, 3.8) is 0 Å². The van der Waals surface area contributed by atoms with E-state index in [2.05, 4.69) is 10.6 Å². The molecule has 140 valence electrons. The minimum atomic E-state index is -0.655. The Morgan fingerprint density at radius 1 is 1.19 bits per heavy atom. The first-order chi connectivity index (χ1) is 12.1. The molecule has 0 aliphatic carbocycles. The van der Waals surface area contributed by atoms with Crippen LogP contribution in [0.2, 0.25) is 0 Å². The highest BCUT2D eigenvalue weighted by molar-refractivity contribution is 8.00. The summed E-state index contributed by atoms with van der Waals surface area (Å²) in [6.07, 6.45) is 1.94. The van der Waals surface area contributed by atoms with Gasteiger partial charge in [0.15, 0.2) is 0 Å². The third-order valence-electron chi connectivity index (χ3n) is 4.12. The molecule has 1 saturated heterocycles. The van der Waals surface area contributed by atoms with Crippen molar-refractivity contribution in [1.82, 2.24) is 10.6 Å². The molecule has 1 aliphatic rings. The highest BCUT2D eigenvalue weighted by Crippen LogP contribution is 2.37. The molecule has 0 saturated carbocycles. The second-order valence-electron chi connectivity index (χ2n) is 6.04. The molecule has 2 aromatic carbocycles. The third-order valence-corrected chi connectivity index (χ3v) is 5.43. The van der Waals surface area contributed by atoms with Crippen LogP contribution in [0.4, 0.5) is 8.78 Å². The topological polar surface area (TPSA) is 41.1 Å². The minimum Gasteiger partial charge on any atom is -0.351 e. The fourth-order valence-electron chi connectivity index (χ4n) is 2.85. The second kappa shape index (κ2) is 9.90. The highest BCUT2D eigenvalue weighted by Gasteiger charge is 2.26. The van der Waals surface area contributed by atoms with Gasteiger partial charge in [-0.15, -0.1) is 24.2 Å². The Balaban J connectivity index is 0.00000243. The molecule has 1 heterocycles. The lowest BCUT2D eigenvalue weighted by molar-refractivity contribution is -0.121. The molecule has 3 nitrogen and oxygen atoms in total. The Kier molecular flexibility index (Phi) is 7.87. The number of amides is 1. The summed E-state index contributed by atoms with van der Waals surface area (Å²) in [5, 5.41) is 5.72. The average molecular weight is 399 g/mol. The van der Waals surface area contributed by atoms with Gasteiger partial charge in [-0.3, -0.25) is 4.79 Å². The molecule has 0 aromatic heterocycles. The number of piperidine rings is 1. The zero-order valence-corrected chi connectivity index (χ0v) is 15.7. The van der Waals surface area contributed by atoms with Gasteiger partial charge in [0.05, 0.1) is 0 Å². The summed E-state index contributed by atoms with van der Waals surface area (Å²) in [6, 6.07) is 12.7. The fraction of sp³-hybridized carbons (Fsp3) is 0.316. The molecule has 2 N–H and O–H groups in total. The molecule has 26 heavy (non-hydrogen) atoms. The van der Waals surface area contributed by atoms with Crippen LogP contribution in [0.1, 0.15) is 23.7 Å². The highest BCUT2D eigenvalue weighted by atomic mass is 35.5. The zero-order valence-electron chi connectivity index (χ0n) is 14.1.